The summed E-state index contributed by atoms with van der Waals surface area (Å²) in [5.74, 6) is 0.435. The molecule has 0 saturated carbocycles. The maximum atomic E-state index is 13.5. The molecular formula is C20H27ClN8O6S. The first-order valence-electron chi connectivity index (χ1n) is 10.6. The predicted octanol–water partition coefficient (Wildman–Crippen LogP) is 1.96. The molecule has 3 rings (SSSR count). The van der Waals surface area contributed by atoms with Crippen molar-refractivity contribution in [2.45, 2.75) is 44.8 Å². The maximum Gasteiger partial charge on any atom is 0.245 e. The van der Waals surface area contributed by atoms with E-state index in [0.29, 0.717) is 5.02 Å². The molecule has 0 aliphatic rings. The lowest BCUT2D eigenvalue weighted by Crippen LogP contribution is -2.35. The Bertz CT molecular complexity index is 1250. The molecule has 36 heavy (non-hydrogen) atoms. The number of hydrogen-bond donors (Lipinski definition) is 1. The van der Waals surface area contributed by atoms with E-state index in [1.807, 2.05) is 0 Å². The Balaban J connectivity index is 2.07. The minimum atomic E-state index is -4.16. The minimum absolute atomic E-state index is 0.0107. The van der Waals surface area contributed by atoms with Crippen LogP contribution in [0.15, 0.2) is 18.7 Å². The molecule has 3 aromatic rings. The fourth-order valence-electron chi connectivity index (χ4n) is 3.20. The number of sulfonamides is 1. The highest BCUT2D eigenvalue weighted by atomic mass is 35.5. The van der Waals surface area contributed by atoms with Crippen LogP contribution in [0.5, 0.6) is 11.8 Å². The van der Waals surface area contributed by atoms with Gasteiger partial charge in [-0.1, -0.05) is 11.6 Å². The summed E-state index contributed by atoms with van der Waals surface area (Å²) in [5, 5.41) is 7.23. The molecule has 0 aliphatic heterocycles. The molecule has 0 bridgehead atoms. The van der Waals surface area contributed by atoms with E-state index in [-0.39, 0.29) is 47.8 Å². The third-order valence-electron chi connectivity index (χ3n) is 4.83. The fraction of sp³-hybridized carbons (Fsp3) is 0.500. The summed E-state index contributed by atoms with van der Waals surface area (Å²) in [6.45, 7) is 5.01. The van der Waals surface area contributed by atoms with Crippen molar-refractivity contribution in [2.24, 2.45) is 0 Å². The second kappa shape index (κ2) is 11.7. The van der Waals surface area contributed by atoms with Crippen molar-refractivity contribution in [1.82, 2.24) is 34.7 Å². The fourth-order valence-corrected chi connectivity index (χ4v) is 4.39. The van der Waals surface area contributed by atoms with Gasteiger partial charge in [0.25, 0.3) is 0 Å². The molecule has 0 radical (unpaired) electrons. The van der Waals surface area contributed by atoms with Crippen LogP contribution in [0, 0.1) is 0 Å². The molecule has 0 spiro atoms. The second-order valence-corrected chi connectivity index (χ2v) is 10.1. The van der Waals surface area contributed by atoms with Crippen LogP contribution in [0.1, 0.15) is 38.5 Å². The van der Waals surface area contributed by atoms with Gasteiger partial charge >= 0.3 is 0 Å². The van der Waals surface area contributed by atoms with Crippen LogP contribution in [-0.4, -0.2) is 75.8 Å². The number of hydrogen-bond acceptors (Lipinski definition) is 12. The Hall–Kier alpha value is -3.14. The molecule has 1 N–H and O–H groups in total. The molecule has 0 saturated heterocycles. The monoisotopic (exact) mass is 542 g/mol. The Kier molecular flexibility index (Phi) is 8.94. The standard InChI is InChI=1S/C20H27ClN8O6S/c1-11(2)35-16(17-22-7-13(21)8-23-17)12(3)36(30,31)28-20-27-26-14(9-32-4)29(20)15-18(33-5)24-10-25-19(15)34-6/h7-8,10-12,16H,9H2,1-6H3,(H,27,28)/t12-,16+/m0/s1. The predicted molar refractivity (Wildman–Crippen MR) is 129 cm³/mol. The number of halogens is 1. The van der Waals surface area contributed by atoms with E-state index in [1.165, 1.54) is 51.5 Å². The van der Waals surface area contributed by atoms with Gasteiger partial charge in [0.1, 0.15) is 24.3 Å². The van der Waals surface area contributed by atoms with Crippen LogP contribution < -0.4 is 14.2 Å². The number of rotatable bonds is 12. The molecule has 16 heteroatoms. The van der Waals surface area contributed by atoms with Crippen LogP contribution in [0.4, 0.5) is 5.95 Å². The van der Waals surface area contributed by atoms with Crippen molar-refractivity contribution in [1.29, 1.82) is 0 Å². The van der Waals surface area contributed by atoms with E-state index in [9.17, 15) is 8.42 Å². The maximum absolute atomic E-state index is 13.5. The molecule has 0 aliphatic carbocycles. The van der Waals surface area contributed by atoms with Crippen LogP contribution >= 0.6 is 11.6 Å². The third-order valence-corrected chi connectivity index (χ3v) is 6.72. The largest absolute Gasteiger partial charge is 0.479 e. The van der Waals surface area contributed by atoms with Gasteiger partial charge in [0.2, 0.25) is 27.7 Å². The molecule has 2 atom stereocenters. The van der Waals surface area contributed by atoms with E-state index < -0.39 is 21.4 Å². The smallest absolute Gasteiger partial charge is 0.245 e. The lowest BCUT2D eigenvalue weighted by Gasteiger charge is -2.25. The topological polar surface area (TPSA) is 165 Å². The van der Waals surface area contributed by atoms with Crippen molar-refractivity contribution in [3.63, 3.8) is 0 Å². The average Bonchev–Trinajstić information content (AvgIpc) is 3.22. The number of aromatic nitrogens is 7. The minimum Gasteiger partial charge on any atom is -0.479 e. The highest BCUT2D eigenvalue weighted by molar-refractivity contribution is 7.93. The highest BCUT2D eigenvalue weighted by Crippen LogP contribution is 2.33. The lowest BCUT2D eigenvalue weighted by molar-refractivity contribution is 0.00154. The van der Waals surface area contributed by atoms with Crippen molar-refractivity contribution in [3.8, 4) is 17.4 Å². The van der Waals surface area contributed by atoms with E-state index in [1.54, 1.807) is 13.8 Å². The average molecular weight is 543 g/mol. The van der Waals surface area contributed by atoms with Crippen molar-refractivity contribution < 1.29 is 27.4 Å². The zero-order chi connectivity index (χ0) is 26.5. The Morgan fingerprint density at radius 3 is 2.14 bits per heavy atom. The molecule has 3 aromatic heterocycles. The number of nitrogens with zero attached hydrogens (tertiary/aromatic N) is 7. The third kappa shape index (κ3) is 5.98. The van der Waals surface area contributed by atoms with Crippen molar-refractivity contribution >= 4 is 27.6 Å². The number of anilines is 1. The number of nitrogens with one attached hydrogen (secondary N) is 1. The van der Waals surface area contributed by atoms with Crippen molar-refractivity contribution in [2.75, 3.05) is 26.1 Å². The van der Waals surface area contributed by atoms with Crippen LogP contribution in [0.25, 0.3) is 5.69 Å². The van der Waals surface area contributed by atoms with Gasteiger partial charge in [-0.3, -0.25) is 9.29 Å². The van der Waals surface area contributed by atoms with Gasteiger partial charge in [-0.2, -0.15) is 9.97 Å². The molecular weight excluding hydrogens is 516 g/mol. The highest BCUT2D eigenvalue weighted by Gasteiger charge is 2.36. The normalized spacial score (nSPS) is 13.4. The van der Waals surface area contributed by atoms with Gasteiger partial charge < -0.3 is 18.9 Å². The van der Waals surface area contributed by atoms with Crippen LogP contribution in [0.3, 0.4) is 0 Å². The summed E-state index contributed by atoms with van der Waals surface area (Å²) < 4.78 is 52.7. The first kappa shape index (κ1) is 27.4. The van der Waals surface area contributed by atoms with Gasteiger partial charge in [0.05, 0.1) is 25.3 Å². The molecule has 0 aromatic carbocycles. The van der Waals surface area contributed by atoms with Gasteiger partial charge in [0.15, 0.2) is 17.3 Å². The second-order valence-electron chi connectivity index (χ2n) is 7.67. The summed E-state index contributed by atoms with van der Waals surface area (Å²) in [5.41, 5.74) is 0.181. The van der Waals surface area contributed by atoms with Gasteiger partial charge in [-0.15, -0.1) is 10.2 Å². The SMILES string of the molecule is COCc1nnc(NS(=O)(=O)[C@@H](C)[C@@H](OC(C)C)c2ncc(Cl)cn2)n1-c1c(OC)ncnc1OC. The van der Waals surface area contributed by atoms with Gasteiger partial charge in [-0.05, 0) is 20.8 Å². The van der Waals surface area contributed by atoms with E-state index in [4.69, 9.17) is 30.5 Å². The molecule has 196 valence electrons. The first-order chi connectivity index (χ1) is 17.1. The first-order valence-corrected chi connectivity index (χ1v) is 12.6. The van der Waals surface area contributed by atoms with Crippen LogP contribution in [-0.2, 0) is 26.1 Å². The quantitative estimate of drug-likeness (QED) is 0.354. The van der Waals surface area contributed by atoms with E-state index in [0.717, 1.165) is 0 Å². The summed E-state index contributed by atoms with van der Waals surface area (Å²) in [6.07, 6.45) is 2.65. The number of ether oxygens (including phenoxy) is 4. The summed E-state index contributed by atoms with van der Waals surface area (Å²) in [7, 11) is 0.0975. The lowest BCUT2D eigenvalue weighted by atomic mass is 10.2. The van der Waals surface area contributed by atoms with Crippen molar-refractivity contribution in [3.05, 3.63) is 35.4 Å². The Morgan fingerprint density at radius 1 is 1.00 bits per heavy atom. The van der Waals surface area contributed by atoms with E-state index >= 15 is 0 Å². The summed E-state index contributed by atoms with van der Waals surface area (Å²) in [6, 6.07) is 0. The Labute approximate surface area is 213 Å². The van der Waals surface area contributed by atoms with Gasteiger partial charge in [-0.25, -0.2) is 18.4 Å². The molecule has 0 fully saturated rings. The van der Waals surface area contributed by atoms with E-state index in [2.05, 4.69) is 34.9 Å². The molecule has 0 amide bonds. The zero-order valence-electron chi connectivity index (χ0n) is 20.5. The summed E-state index contributed by atoms with van der Waals surface area (Å²) in [4.78, 5) is 16.5. The molecule has 3 heterocycles. The van der Waals surface area contributed by atoms with Crippen LogP contribution in [0.2, 0.25) is 5.02 Å². The molecule has 14 nitrogen and oxygen atoms in total. The molecule has 0 unspecified atom stereocenters. The van der Waals surface area contributed by atoms with Gasteiger partial charge in [0, 0.05) is 19.5 Å². The number of methoxy groups -OCH3 is 3. The summed E-state index contributed by atoms with van der Waals surface area (Å²) >= 11 is 5.90. The Morgan fingerprint density at radius 2 is 1.61 bits per heavy atom. The zero-order valence-corrected chi connectivity index (χ0v) is 22.1.